The average Bonchev–Trinajstić information content (AvgIpc) is 2.97. The number of imide groups is 1. The lowest BCUT2D eigenvalue weighted by molar-refractivity contribution is -0.777. The Kier molecular flexibility index (Phi) is 8.01. The third-order valence-electron chi connectivity index (χ3n) is 4.70. The predicted molar refractivity (Wildman–Crippen MR) is 123 cm³/mol. The number of benzene rings is 2. The van der Waals surface area contributed by atoms with Crippen molar-refractivity contribution in [2.45, 2.75) is 13.2 Å². The lowest BCUT2D eigenvalue weighted by Gasteiger charge is -2.28. The van der Waals surface area contributed by atoms with Crippen molar-refractivity contribution in [3.05, 3.63) is 81.9 Å². The Morgan fingerprint density at radius 3 is 2.17 bits per heavy atom. The molecule has 1 unspecified atom stereocenters. The second kappa shape index (κ2) is 11.3. The first kappa shape index (κ1) is 24.8. The smallest absolute Gasteiger partial charge is 0.465 e. The molecule has 0 radical (unpaired) electrons. The fraction of sp³-hybridized carbons (Fsp3) is 0.174. The van der Waals surface area contributed by atoms with Gasteiger partial charge in [-0.25, -0.2) is 19.3 Å². The van der Waals surface area contributed by atoms with Crippen LogP contribution < -0.4 is 4.90 Å². The lowest BCUT2D eigenvalue weighted by atomic mass is 10.1. The maximum Gasteiger partial charge on any atom is 0.510 e. The predicted octanol–water partition coefficient (Wildman–Crippen LogP) is 4.67. The van der Waals surface area contributed by atoms with E-state index in [1.54, 1.807) is 24.3 Å². The van der Waals surface area contributed by atoms with Crippen LogP contribution >= 0.6 is 0 Å². The second-order valence-corrected chi connectivity index (χ2v) is 7.01. The number of rotatable bonds is 7. The molecule has 0 bridgehead atoms. The van der Waals surface area contributed by atoms with Gasteiger partial charge in [0.1, 0.15) is 6.61 Å². The highest BCUT2D eigenvalue weighted by atomic mass is 17.0. The molecule has 35 heavy (non-hydrogen) atoms. The van der Waals surface area contributed by atoms with Crippen molar-refractivity contribution in [3.8, 4) is 0 Å². The zero-order valence-electron chi connectivity index (χ0n) is 18.5. The Bertz CT molecular complexity index is 1130. The Hall–Kier alpha value is -4.87. The molecule has 0 aromatic heterocycles. The number of carbonyl (C=O) groups is 3. The summed E-state index contributed by atoms with van der Waals surface area (Å²) in [7, 11) is 0. The van der Waals surface area contributed by atoms with E-state index >= 15 is 0 Å². The molecule has 2 aromatic carbocycles. The summed E-state index contributed by atoms with van der Waals surface area (Å²) in [6.45, 7) is 0.470. The van der Waals surface area contributed by atoms with Crippen LogP contribution in [0.4, 0.5) is 25.8 Å². The summed E-state index contributed by atoms with van der Waals surface area (Å²) in [4.78, 5) is 53.0. The number of para-hydroxylation sites is 2. The summed E-state index contributed by atoms with van der Waals surface area (Å²) in [6.07, 6.45) is 2.16. The quantitative estimate of drug-likeness (QED) is 0.195. The van der Waals surface area contributed by atoms with Crippen LogP contribution in [-0.2, 0) is 14.3 Å². The third-order valence-corrected chi connectivity index (χ3v) is 4.70. The zero-order chi connectivity index (χ0) is 25.4. The molecule has 0 fully saturated rings. The maximum absolute atomic E-state index is 13.4. The summed E-state index contributed by atoms with van der Waals surface area (Å²) in [5, 5.41) is 18.8. The highest BCUT2D eigenvalue weighted by molar-refractivity contribution is 6.09. The molecule has 3 rings (SSSR count). The molecule has 0 spiro atoms. The van der Waals surface area contributed by atoms with E-state index in [1.807, 2.05) is 36.4 Å². The normalized spacial score (nSPS) is 12.7. The molecule has 1 N–H and O–H groups in total. The van der Waals surface area contributed by atoms with Gasteiger partial charge in [-0.2, -0.15) is 0 Å². The van der Waals surface area contributed by atoms with Crippen molar-refractivity contribution in [1.82, 2.24) is 4.90 Å². The van der Waals surface area contributed by atoms with E-state index in [1.165, 1.54) is 17.1 Å². The first-order valence-corrected chi connectivity index (χ1v) is 10.3. The van der Waals surface area contributed by atoms with Gasteiger partial charge < -0.3 is 14.6 Å². The molecule has 3 amide bonds. The Balaban J connectivity index is 1.70. The molecular weight excluding hydrogens is 462 g/mol. The highest BCUT2D eigenvalue weighted by Gasteiger charge is 2.30. The van der Waals surface area contributed by atoms with Gasteiger partial charge in [-0.3, -0.25) is 9.74 Å². The van der Waals surface area contributed by atoms with Crippen molar-refractivity contribution in [3.63, 3.8) is 0 Å². The molecule has 0 aliphatic carbocycles. The molecule has 1 aliphatic rings. The van der Waals surface area contributed by atoms with Gasteiger partial charge in [0.05, 0.1) is 17.9 Å². The summed E-state index contributed by atoms with van der Waals surface area (Å²) < 4.78 is 9.20. The van der Waals surface area contributed by atoms with Crippen LogP contribution in [0.5, 0.6) is 0 Å². The van der Waals surface area contributed by atoms with Crippen molar-refractivity contribution in [2.75, 3.05) is 18.1 Å². The van der Waals surface area contributed by atoms with Gasteiger partial charge in [0.25, 0.3) is 5.09 Å². The number of carboxylic acid groups (broad SMARTS) is 1. The molecule has 2 aromatic rings. The van der Waals surface area contributed by atoms with Crippen molar-refractivity contribution >= 4 is 41.8 Å². The Morgan fingerprint density at radius 2 is 1.63 bits per heavy atom. The van der Waals surface area contributed by atoms with E-state index in [4.69, 9.17) is 4.74 Å². The van der Waals surface area contributed by atoms with Gasteiger partial charge in [0.2, 0.25) is 6.29 Å². The van der Waals surface area contributed by atoms with Crippen LogP contribution in [0.2, 0.25) is 0 Å². The Morgan fingerprint density at radius 1 is 1.06 bits per heavy atom. The van der Waals surface area contributed by atoms with Crippen LogP contribution in [0.1, 0.15) is 18.1 Å². The topological polar surface area (TPSA) is 149 Å². The van der Waals surface area contributed by atoms with E-state index in [0.29, 0.717) is 16.3 Å². The largest absolute Gasteiger partial charge is 0.510 e. The fourth-order valence-corrected chi connectivity index (χ4v) is 3.21. The van der Waals surface area contributed by atoms with Gasteiger partial charge in [-0.05, 0) is 36.3 Å². The monoisotopic (exact) mass is 483 g/mol. The molecule has 12 heteroatoms. The minimum absolute atomic E-state index is 0.328. The number of hydrogen-bond acceptors (Lipinski definition) is 8. The molecule has 12 nitrogen and oxygen atoms in total. The number of ether oxygens (including phenoxy) is 2. The standard InChI is InChI=1S/C23H21N3O9/c1-16(35-26(31)32)34-23(30)33-15-7-6-14-24(22(28)29)21(27)25-19-10-4-2-8-17(19)12-13-18-9-3-5-11-20(18)25/h2-13,16H,14-15H2,1H3,(H,28,29)/b7-6-. The summed E-state index contributed by atoms with van der Waals surface area (Å²) in [6, 6.07) is 13.4. The number of anilines is 2. The number of hydrogen-bond donors (Lipinski definition) is 1. The third kappa shape index (κ3) is 6.35. The molecule has 0 saturated heterocycles. The number of amides is 3. The first-order valence-electron chi connectivity index (χ1n) is 10.3. The van der Waals surface area contributed by atoms with Crippen LogP contribution in [0.25, 0.3) is 12.2 Å². The highest BCUT2D eigenvalue weighted by Crippen LogP contribution is 2.36. The van der Waals surface area contributed by atoms with Crippen molar-refractivity contribution in [2.24, 2.45) is 0 Å². The van der Waals surface area contributed by atoms with Crippen LogP contribution in [0, 0.1) is 10.1 Å². The number of nitrogens with zero attached hydrogens (tertiary/aromatic N) is 3. The van der Waals surface area contributed by atoms with E-state index in [2.05, 4.69) is 9.57 Å². The van der Waals surface area contributed by atoms with Gasteiger partial charge in [0.15, 0.2) is 0 Å². The zero-order valence-corrected chi connectivity index (χ0v) is 18.5. The van der Waals surface area contributed by atoms with E-state index in [9.17, 15) is 29.6 Å². The molecule has 1 atom stereocenters. The Labute approximate surface area is 199 Å². The van der Waals surface area contributed by atoms with Crippen molar-refractivity contribution in [1.29, 1.82) is 0 Å². The maximum atomic E-state index is 13.4. The minimum Gasteiger partial charge on any atom is -0.465 e. The van der Waals surface area contributed by atoms with Crippen LogP contribution in [-0.4, -0.2) is 52.8 Å². The van der Waals surface area contributed by atoms with Gasteiger partial charge in [0, 0.05) is 0 Å². The minimum atomic E-state index is -1.47. The van der Waals surface area contributed by atoms with Crippen LogP contribution in [0.3, 0.4) is 0 Å². The second-order valence-electron chi connectivity index (χ2n) is 7.01. The fourth-order valence-electron chi connectivity index (χ4n) is 3.21. The molecule has 182 valence electrons. The van der Waals surface area contributed by atoms with Gasteiger partial charge in [-0.15, -0.1) is 10.1 Å². The van der Waals surface area contributed by atoms with Gasteiger partial charge in [-0.1, -0.05) is 54.6 Å². The van der Waals surface area contributed by atoms with Crippen LogP contribution in [0.15, 0.2) is 60.7 Å². The average molecular weight is 483 g/mol. The molecule has 1 heterocycles. The first-order chi connectivity index (χ1) is 16.8. The number of fused-ring (bicyclic) bond motifs is 2. The summed E-state index contributed by atoms with van der Waals surface area (Å²) in [5.74, 6) is 0. The van der Waals surface area contributed by atoms with Gasteiger partial charge >= 0.3 is 18.3 Å². The number of urea groups is 1. The summed E-state index contributed by atoms with van der Waals surface area (Å²) in [5.41, 5.74) is 2.51. The molecule has 1 aliphatic heterocycles. The SMILES string of the molecule is CC(OC(=O)OC/C=C\CN(C(=O)O)C(=O)N1c2ccccc2C=Cc2ccccc21)O[N+](=O)[O-]. The van der Waals surface area contributed by atoms with E-state index < -0.39 is 29.7 Å². The summed E-state index contributed by atoms with van der Waals surface area (Å²) >= 11 is 0. The number of carbonyl (C=O) groups excluding carboxylic acids is 2. The van der Waals surface area contributed by atoms with E-state index in [0.717, 1.165) is 18.1 Å². The van der Waals surface area contributed by atoms with E-state index in [-0.39, 0.29) is 13.2 Å². The molecular formula is C23H21N3O9. The molecule has 0 saturated carbocycles. The lowest BCUT2D eigenvalue weighted by Crippen LogP contribution is -2.44. The van der Waals surface area contributed by atoms with Crippen molar-refractivity contribution < 1.29 is 38.9 Å².